The number of carbonyl (C=O) groups excluding carboxylic acids is 1. The second kappa shape index (κ2) is 9.94. The van der Waals surface area contributed by atoms with Crippen LogP contribution >= 0.6 is 22.6 Å². The first kappa shape index (κ1) is 22.1. The molecule has 0 unspecified atom stereocenters. The Kier molecular flexibility index (Phi) is 7.33. The third kappa shape index (κ3) is 6.46. The van der Waals surface area contributed by atoms with Gasteiger partial charge in [-0.3, -0.25) is 9.10 Å². The Bertz CT molecular complexity index is 1090. The van der Waals surface area contributed by atoms with Crippen LogP contribution in [0.2, 0.25) is 0 Å². The fourth-order valence-electron chi connectivity index (χ4n) is 2.74. The molecule has 8 heteroatoms. The Balaban J connectivity index is 1.62. The van der Waals surface area contributed by atoms with Crippen molar-refractivity contribution in [1.82, 2.24) is 0 Å². The molecule has 3 rings (SSSR count). The number of hydrogen-bond donors (Lipinski definition) is 1. The second-order valence-corrected chi connectivity index (χ2v) is 9.75. The van der Waals surface area contributed by atoms with Crippen LogP contribution in [-0.4, -0.2) is 27.2 Å². The average molecular weight is 536 g/mol. The minimum atomic E-state index is -3.46. The van der Waals surface area contributed by atoms with Crippen LogP contribution in [0.15, 0.2) is 78.9 Å². The van der Waals surface area contributed by atoms with Crippen molar-refractivity contribution >= 4 is 49.9 Å². The van der Waals surface area contributed by atoms with Gasteiger partial charge in [0.1, 0.15) is 5.75 Å². The SMILES string of the molecule is CS(=O)(=O)N(Cc1ccccc1)c1ccc(OCC(=O)Nc2ccc(I)cc2)cc1. The highest BCUT2D eigenvalue weighted by atomic mass is 127. The van der Waals surface area contributed by atoms with Gasteiger partial charge in [0.2, 0.25) is 10.0 Å². The standard InChI is InChI=1S/C22H21IN2O4S/c1-30(27,28)25(15-17-5-3-2-4-6-17)20-11-13-21(14-12-20)29-16-22(26)24-19-9-7-18(23)8-10-19/h2-14H,15-16H2,1H3,(H,24,26). The van der Waals surface area contributed by atoms with E-state index in [0.29, 0.717) is 17.1 Å². The Morgan fingerprint density at radius 1 is 0.967 bits per heavy atom. The highest BCUT2D eigenvalue weighted by Gasteiger charge is 2.18. The van der Waals surface area contributed by atoms with Crippen molar-refractivity contribution < 1.29 is 17.9 Å². The van der Waals surface area contributed by atoms with Gasteiger partial charge in [0.25, 0.3) is 5.91 Å². The van der Waals surface area contributed by atoms with Gasteiger partial charge in [0.15, 0.2) is 6.61 Å². The van der Waals surface area contributed by atoms with Crippen LogP contribution in [-0.2, 0) is 21.4 Å². The summed E-state index contributed by atoms with van der Waals surface area (Å²) < 4.78 is 32.5. The van der Waals surface area contributed by atoms with Crippen LogP contribution in [0.4, 0.5) is 11.4 Å². The lowest BCUT2D eigenvalue weighted by Gasteiger charge is -2.22. The summed E-state index contributed by atoms with van der Waals surface area (Å²) in [5, 5.41) is 2.76. The average Bonchev–Trinajstić information content (AvgIpc) is 2.73. The quantitative estimate of drug-likeness (QED) is 0.437. The first-order valence-electron chi connectivity index (χ1n) is 9.11. The van der Waals surface area contributed by atoms with Gasteiger partial charge >= 0.3 is 0 Å². The largest absolute Gasteiger partial charge is 0.484 e. The van der Waals surface area contributed by atoms with Gasteiger partial charge in [-0.1, -0.05) is 30.3 Å². The summed E-state index contributed by atoms with van der Waals surface area (Å²) in [6, 6.07) is 23.4. The van der Waals surface area contributed by atoms with Gasteiger partial charge in [-0.2, -0.15) is 0 Å². The van der Waals surface area contributed by atoms with Crippen LogP contribution < -0.4 is 14.4 Å². The van der Waals surface area contributed by atoms with Gasteiger partial charge in [-0.25, -0.2) is 8.42 Å². The van der Waals surface area contributed by atoms with Crippen molar-refractivity contribution in [3.8, 4) is 5.75 Å². The molecule has 0 atom stereocenters. The van der Waals surface area contributed by atoms with E-state index >= 15 is 0 Å². The molecule has 0 aliphatic rings. The minimum Gasteiger partial charge on any atom is -0.484 e. The Hall–Kier alpha value is -2.59. The summed E-state index contributed by atoms with van der Waals surface area (Å²) >= 11 is 2.19. The molecule has 30 heavy (non-hydrogen) atoms. The number of sulfonamides is 1. The number of halogens is 1. The van der Waals surface area contributed by atoms with Crippen molar-refractivity contribution in [3.63, 3.8) is 0 Å². The number of carbonyl (C=O) groups is 1. The molecule has 0 aliphatic carbocycles. The number of hydrogen-bond acceptors (Lipinski definition) is 4. The third-order valence-electron chi connectivity index (χ3n) is 4.19. The molecule has 0 radical (unpaired) electrons. The number of anilines is 2. The summed E-state index contributed by atoms with van der Waals surface area (Å²) in [5.41, 5.74) is 2.11. The molecule has 0 aromatic heterocycles. The molecule has 0 heterocycles. The molecule has 156 valence electrons. The highest BCUT2D eigenvalue weighted by molar-refractivity contribution is 14.1. The van der Waals surface area contributed by atoms with Crippen LogP contribution in [0.1, 0.15) is 5.56 Å². The summed E-state index contributed by atoms with van der Waals surface area (Å²) in [4.78, 5) is 12.1. The maximum atomic E-state index is 12.3. The van der Waals surface area contributed by atoms with E-state index in [4.69, 9.17) is 4.74 Å². The number of nitrogens with zero attached hydrogens (tertiary/aromatic N) is 1. The van der Waals surface area contributed by atoms with Gasteiger partial charge in [-0.05, 0) is 76.7 Å². The van der Waals surface area contributed by atoms with E-state index in [2.05, 4.69) is 27.9 Å². The van der Waals surface area contributed by atoms with Crippen molar-refractivity contribution in [2.75, 3.05) is 22.5 Å². The summed E-state index contributed by atoms with van der Waals surface area (Å²) in [6.07, 6.45) is 1.18. The summed E-state index contributed by atoms with van der Waals surface area (Å²) in [6.45, 7) is 0.0867. The van der Waals surface area contributed by atoms with Crippen molar-refractivity contribution in [2.24, 2.45) is 0 Å². The van der Waals surface area contributed by atoms with E-state index < -0.39 is 10.0 Å². The van der Waals surface area contributed by atoms with E-state index in [9.17, 15) is 13.2 Å². The van der Waals surface area contributed by atoms with Gasteiger partial charge < -0.3 is 10.1 Å². The minimum absolute atomic E-state index is 0.148. The maximum Gasteiger partial charge on any atom is 0.262 e. The first-order chi connectivity index (χ1) is 14.3. The molecule has 3 aromatic rings. The molecule has 0 saturated carbocycles. The van der Waals surface area contributed by atoms with E-state index in [-0.39, 0.29) is 19.1 Å². The number of amides is 1. The fraction of sp³-hybridized carbons (Fsp3) is 0.136. The highest BCUT2D eigenvalue weighted by Crippen LogP contribution is 2.23. The molecule has 0 saturated heterocycles. The van der Waals surface area contributed by atoms with E-state index in [1.807, 2.05) is 54.6 Å². The van der Waals surface area contributed by atoms with Gasteiger partial charge in [-0.15, -0.1) is 0 Å². The lowest BCUT2D eigenvalue weighted by molar-refractivity contribution is -0.118. The van der Waals surface area contributed by atoms with Crippen LogP contribution in [0.3, 0.4) is 0 Å². The lowest BCUT2D eigenvalue weighted by atomic mass is 10.2. The van der Waals surface area contributed by atoms with Gasteiger partial charge in [0, 0.05) is 9.26 Å². The molecular formula is C22H21IN2O4S. The second-order valence-electron chi connectivity index (χ2n) is 6.59. The van der Waals surface area contributed by atoms with Gasteiger partial charge in [0.05, 0.1) is 18.5 Å². The van der Waals surface area contributed by atoms with E-state index in [1.165, 1.54) is 10.6 Å². The molecule has 1 N–H and O–H groups in total. The smallest absolute Gasteiger partial charge is 0.262 e. The molecule has 0 fully saturated rings. The molecule has 0 spiro atoms. The number of ether oxygens (including phenoxy) is 1. The van der Waals surface area contributed by atoms with Crippen molar-refractivity contribution in [1.29, 1.82) is 0 Å². The predicted molar refractivity (Wildman–Crippen MR) is 127 cm³/mol. The zero-order chi connectivity index (χ0) is 21.6. The maximum absolute atomic E-state index is 12.3. The van der Waals surface area contributed by atoms with Crippen molar-refractivity contribution in [3.05, 3.63) is 88.0 Å². The third-order valence-corrected chi connectivity index (χ3v) is 6.05. The van der Waals surface area contributed by atoms with Crippen molar-refractivity contribution in [2.45, 2.75) is 6.54 Å². The number of benzene rings is 3. The molecule has 1 amide bonds. The lowest BCUT2D eigenvalue weighted by Crippen LogP contribution is -2.29. The summed E-state index contributed by atoms with van der Waals surface area (Å²) in [7, 11) is -3.46. The molecule has 0 bridgehead atoms. The van der Waals surface area contributed by atoms with Crippen LogP contribution in [0, 0.1) is 3.57 Å². The van der Waals surface area contributed by atoms with Crippen LogP contribution in [0.5, 0.6) is 5.75 Å². The molecule has 3 aromatic carbocycles. The Morgan fingerprint density at radius 3 is 2.20 bits per heavy atom. The fourth-order valence-corrected chi connectivity index (χ4v) is 3.98. The zero-order valence-corrected chi connectivity index (χ0v) is 19.3. The van der Waals surface area contributed by atoms with Crippen LogP contribution in [0.25, 0.3) is 0 Å². The first-order valence-corrected chi connectivity index (χ1v) is 12.0. The Morgan fingerprint density at radius 2 is 1.60 bits per heavy atom. The van der Waals surface area contributed by atoms with E-state index in [1.54, 1.807) is 24.3 Å². The molecule has 0 aliphatic heterocycles. The molecular weight excluding hydrogens is 515 g/mol. The number of rotatable bonds is 8. The topological polar surface area (TPSA) is 75.7 Å². The van der Waals surface area contributed by atoms with E-state index in [0.717, 1.165) is 9.13 Å². The summed E-state index contributed by atoms with van der Waals surface area (Å²) in [5.74, 6) is 0.201. The predicted octanol–water partition coefficient (Wildman–Crippen LogP) is 4.27. The zero-order valence-electron chi connectivity index (χ0n) is 16.3. The molecule has 6 nitrogen and oxygen atoms in total. The Labute approximate surface area is 190 Å². The normalized spacial score (nSPS) is 11.0. The number of nitrogens with one attached hydrogen (secondary N) is 1. The monoisotopic (exact) mass is 536 g/mol.